The topological polar surface area (TPSA) is 42.0 Å². The zero-order chi connectivity index (χ0) is 21.8. The molecule has 1 amide bonds. The van der Waals surface area contributed by atoms with Crippen LogP contribution in [0.1, 0.15) is 19.4 Å². The number of hydrogen-bond donors (Lipinski definition) is 0. The Hall–Kier alpha value is -2.51. The second-order valence-corrected chi connectivity index (χ2v) is 9.22. The zero-order valence-electron chi connectivity index (χ0n) is 17.8. The van der Waals surface area contributed by atoms with Crippen LogP contribution in [-0.4, -0.2) is 38.0 Å². The van der Waals surface area contributed by atoms with Gasteiger partial charge in [0.15, 0.2) is 15.8 Å². The number of thioether (sulfide) groups is 1. The third-order valence-corrected chi connectivity index (χ3v) is 5.78. The molecular weight excluding hydrogens is 416 g/mol. The Morgan fingerprint density at radius 2 is 1.83 bits per heavy atom. The number of benzene rings is 2. The summed E-state index contributed by atoms with van der Waals surface area (Å²) in [4.78, 5) is 17.2. The minimum Gasteiger partial charge on any atom is -0.493 e. The maximum atomic E-state index is 13.0. The van der Waals surface area contributed by atoms with Gasteiger partial charge in [-0.15, -0.1) is 0 Å². The molecule has 2 aromatic carbocycles. The number of rotatable bonds is 7. The summed E-state index contributed by atoms with van der Waals surface area (Å²) in [6.07, 6.45) is 1.84. The first kappa shape index (κ1) is 22.2. The van der Waals surface area contributed by atoms with Crippen molar-refractivity contribution in [2.24, 2.45) is 5.92 Å². The fourth-order valence-corrected chi connectivity index (χ4v) is 4.19. The van der Waals surface area contributed by atoms with Gasteiger partial charge >= 0.3 is 0 Å². The molecule has 0 aliphatic carbocycles. The molecule has 5 nitrogen and oxygen atoms in total. The van der Waals surface area contributed by atoms with E-state index in [0.29, 0.717) is 33.2 Å². The number of hydrogen-bond acceptors (Lipinski definition) is 6. The first-order valence-electron chi connectivity index (χ1n) is 9.66. The van der Waals surface area contributed by atoms with Crippen LogP contribution >= 0.6 is 24.0 Å². The van der Waals surface area contributed by atoms with E-state index in [1.54, 1.807) is 12.0 Å². The molecule has 158 valence electrons. The molecule has 1 heterocycles. The smallest absolute Gasteiger partial charge is 0.270 e. The van der Waals surface area contributed by atoms with E-state index in [1.165, 1.54) is 11.8 Å². The van der Waals surface area contributed by atoms with E-state index in [1.807, 2.05) is 67.5 Å². The van der Waals surface area contributed by atoms with Gasteiger partial charge in [-0.2, -0.15) is 0 Å². The van der Waals surface area contributed by atoms with Crippen LogP contribution in [-0.2, 0) is 4.79 Å². The molecule has 1 aliphatic rings. The van der Waals surface area contributed by atoms with Crippen molar-refractivity contribution in [1.82, 2.24) is 0 Å². The lowest BCUT2D eigenvalue weighted by molar-refractivity contribution is -0.113. The van der Waals surface area contributed by atoms with Crippen molar-refractivity contribution >= 4 is 51.7 Å². The first-order valence-corrected chi connectivity index (χ1v) is 10.9. The zero-order valence-corrected chi connectivity index (χ0v) is 19.5. The minimum atomic E-state index is -0.123. The van der Waals surface area contributed by atoms with E-state index in [0.717, 1.165) is 16.9 Å². The van der Waals surface area contributed by atoms with Crippen molar-refractivity contribution in [2.45, 2.75) is 13.8 Å². The molecule has 0 N–H and O–H groups in total. The number of nitrogens with zero attached hydrogens (tertiary/aromatic N) is 2. The maximum absolute atomic E-state index is 13.0. The van der Waals surface area contributed by atoms with Gasteiger partial charge in [-0.25, -0.2) is 0 Å². The van der Waals surface area contributed by atoms with E-state index < -0.39 is 0 Å². The molecule has 0 atom stereocenters. The van der Waals surface area contributed by atoms with Crippen molar-refractivity contribution in [3.05, 3.63) is 52.9 Å². The molecule has 0 unspecified atom stereocenters. The number of amides is 1. The second-order valence-electron chi connectivity index (χ2n) is 7.54. The molecule has 1 fully saturated rings. The summed E-state index contributed by atoms with van der Waals surface area (Å²) >= 11 is 6.78. The lowest BCUT2D eigenvalue weighted by Gasteiger charge is -2.17. The van der Waals surface area contributed by atoms with Crippen molar-refractivity contribution in [3.63, 3.8) is 0 Å². The number of ether oxygens (including phenoxy) is 2. The van der Waals surface area contributed by atoms with E-state index in [2.05, 4.69) is 13.8 Å². The summed E-state index contributed by atoms with van der Waals surface area (Å²) in [6, 6.07) is 13.4. The molecule has 7 heteroatoms. The predicted octanol–water partition coefficient (Wildman–Crippen LogP) is 5.20. The third-order valence-electron chi connectivity index (χ3n) is 4.48. The van der Waals surface area contributed by atoms with Crippen molar-refractivity contribution in [2.75, 3.05) is 37.6 Å². The highest BCUT2D eigenvalue weighted by Crippen LogP contribution is 2.37. The lowest BCUT2D eigenvalue weighted by Crippen LogP contribution is -2.27. The molecule has 0 saturated carbocycles. The summed E-state index contributed by atoms with van der Waals surface area (Å²) in [5, 5.41) is 0. The first-order chi connectivity index (χ1) is 14.3. The minimum absolute atomic E-state index is 0.123. The number of methoxy groups -OCH3 is 1. The van der Waals surface area contributed by atoms with Gasteiger partial charge in [-0.05, 0) is 54.0 Å². The lowest BCUT2D eigenvalue weighted by atomic mass is 10.1. The van der Waals surface area contributed by atoms with Crippen LogP contribution in [0.2, 0.25) is 0 Å². The summed E-state index contributed by atoms with van der Waals surface area (Å²) in [6.45, 7) is 4.80. The Bertz CT molecular complexity index is 969. The van der Waals surface area contributed by atoms with Crippen molar-refractivity contribution < 1.29 is 14.3 Å². The normalized spacial score (nSPS) is 15.3. The standard InChI is InChI=1S/C23H26N2O3S2/c1-15(2)14-28-19-11-6-16(12-20(19)27-5)13-21-22(26)25(23(29)30-21)18-9-7-17(8-10-18)24(3)4/h6-13,15H,14H2,1-5H3/b21-13-. The quantitative estimate of drug-likeness (QED) is 0.434. The molecule has 2 aromatic rings. The molecule has 1 aliphatic heterocycles. The monoisotopic (exact) mass is 442 g/mol. The van der Waals surface area contributed by atoms with Crippen LogP contribution in [0, 0.1) is 5.92 Å². The number of anilines is 2. The Morgan fingerprint density at radius 1 is 1.13 bits per heavy atom. The molecule has 0 spiro atoms. The van der Waals surface area contributed by atoms with Crippen LogP contribution in [0.15, 0.2) is 47.4 Å². The number of carbonyl (C=O) groups excluding carboxylic acids is 1. The van der Waals surface area contributed by atoms with Gasteiger partial charge in [0.2, 0.25) is 0 Å². The molecule has 0 bridgehead atoms. The Kier molecular flexibility index (Phi) is 7.05. The van der Waals surface area contributed by atoms with Crippen LogP contribution in [0.5, 0.6) is 11.5 Å². The Labute approximate surface area is 187 Å². The average Bonchev–Trinajstić information content (AvgIpc) is 2.99. The van der Waals surface area contributed by atoms with E-state index in [-0.39, 0.29) is 5.91 Å². The van der Waals surface area contributed by atoms with E-state index >= 15 is 0 Å². The SMILES string of the molecule is COc1cc(/C=C2\SC(=S)N(c3ccc(N(C)C)cc3)C2=O)ccc1OCC(C)C. The summed E-state index contributed by atoms with van der Waals surface area (Å²) in [5.74, 6) is 1.63. The third kappa shape index (κ3) is 4.96. The highest BCUT2D eigenvalue weighted by molar-refractivity contribution is 8.27. The summed E-state index contributed by atoms with van der Waals surface area (Å²) < 4.78 is 11.8. The molecule has 1 saturated heterocycles. The van der Waals surface area contributed by atoms with Gasteiger partial charge in [0.05, 0.1) is 24.3 Å². The largest absolute Gasteiger partial charge is 0.493 e. The van der Waals surface area contributed by atoms with Crippen LogP contribution in [0.25, 0.3) is 6.08 Å². The van der Waals surface area contributed by atoms with Gasteiger partial charge in [0.1, 0.15) is 0 Å². The second kappa shape index (κ2) is 9.53. The van der Waals surface area contributed by atoms with Gasteiger partial charge in [-0.1, -0.05) is 43.9 Å². The van der Waals surface area contributed by atoms with E-state index in [9.17, 15) is 4.79 Å². The van der Waals surface area contributed by atoms with Crippen molar-refractivity contribution in [1.29, 1.82) is 0 Å². The van der Waals surface area contributed by atoms with Crippen molar-refractivity contribution in [3.8, 4) is 11.5 Å². The van der Waals surface area contributed by atoms with E-state index in [4.69, 9.17) is 21.7 Å². The molecule has 30 heavy (non-hydrogen) atoms. The summed E-state index contributed by atoms with van der Waals surface area (Å²) in [5.41, 5.74) is 2.68. The van der Waals surface area contributed by atoms with Gasteiger partial charge in [0.25, 0.3) is 5.91 Å². The average molecular weight is 443 g/mol. The van der Waals surface area contributed by atoms with Crippen LogP contribution < -0.4 is 19.3 Å². The fourth-order valence-electron chi connectivity index (χ4n) is 2.89. The number of thiocarbonyl (C=S) groups is 1. The van der Waals surface area contributed by atoms with Gasteiger partial charge in [0, 0.05) is 19.8 Å². The highest BCUT2D eigenvalue weighted by atomic mass is 32.2. The maximum Gasteiger partial charge on any atom is 0.270 e. The fraction of sp³-hybridized carbons (Fsp3) is 0.304. The summed E-state index contributed by atoms with van der Waals surface area (Å²) in [7, 11) is 5.56. The Morgan fingerprint density at radius 3 is 2.43 bits per heavy atom. The van der Waals surface area contributed by atoms with Crippen LogP contribution in [0.3, 0.4) is 0 Å². The van der Waals surface area contributed by atoms with Gasteiger partial charge < -0.3 is 14.4 Å². The highest BCUT2D eigenvalue weighted by Gasteiger charge is 2.33. The molecular formula is C23H26N2O3S2. The van der Waals surface area contributed by atoms with Gasteiger partial charge in [-0.3, -0.25) is 9.69 Å². The molecule has 0 radical (unpaired) electrons. The Balaban J connectivity index is 1.82. The molecule has 3 rings (SSSR count). The number of carbonyl (C=O) groups is 1. The molecule has 0 aromatic heterocycles. The van der Waals surface area contributed by atoms with Crippen LogP contribution in [0.4, 0.5) is 11.4 Å². The predicted molar refractivity (Wildman–Crippen MR) is 130 cm³/mol.